The summed E-state index contributed by atoms with van der Waals surface area (Å²) in [6.07, 6.45) is -2.21. The second-order valence-electron chi connectivity index (χ2n) is 8.17. The van der Waals surface area contributed by atoms with Gasteiger partial charge in [-0.1, -0.05) is 29.8 Å². The van der Waals surface area contributed by atoms with Crippen LogP contribution >= 0.6 is 11.6 Å². The van der Waals surface area contributed by atoms with E-state index in [2.05, 4.69) is 20.0 Å². The second kappa shape index (κ2) is 11.7. The van der Waals surface area contributed by atoms with Crippen LogP contribution in [-0.4, -0.2) is 65.8 Å². The zero-order valence-electron chi connectivity index (χ0n) is 19.4. The van der Waals surface area contributed by atoms with E-state index in [0.29, 0.717) is 48.3 Å². The van der Waals surface area contributed by atoms with Crippen LogP contribution in [0, 0.1) is 0 Å². The minimum atomic E-state index is -4.98. The SMILES string of the molecule is O=C(CN1CCOCC1)Nc1cc(C(=O)Cc2cnc(-c3ccccc3Cl)cn2)ccc1OC(F)(F)F. The first-order chi connectivity index (χ1) is 17.7. The van der Waals surface area contributed by atoms with Gasteiger partial charge in [-0.25, -0.2) is 0 Å². The molecule has 2 heterocycles. The number of hydrogen-bond acceptors (Lipinski definition) is 7. The Labute approximate surface area is 215 Å². The third-order valence-corrected chi connectivity index (χ3v) is 5.80. The van der Waals surface area contributed by atoms with E-state index in [1.165, 1.54) is 18.5 Å². The van der Waals surface area contributed by atoms with Gasteiger partial charge in [-0.05, 0) is 24.3 Å². The van der Waals surface area contributed by atoms with Crippen LogP contribution in [0.2, 0.25) is 5.02 Å². The molecule has 0 radical (unpaired) electrons. The van der Waals surface area contributed by atoms with Crippen molar-refractivity contribution < 1.29 is 32.2 Å². The summed E-state index contributed by atoms with van der Waals surface area (Å²) in [6.45, 7) is 1.92. The first kappa shape index (κ1) is 26.5. The van der Waals surface area contributed by atoms with Crippen molar-refractivity contribution in [2.24, 2.45) is 0 Å². The van der Waals surface area contributed by atoms with Crippen LogP contribution < -0.4 is 10.1 Å². The van der Waals surface area contributed by atoms with Gasteiger partial charge in [0, 0.05) is 30.4 Å². The Morgan fingerprint density at radius 1 is 1.08 bits per heavy atom. The summed E-state index contributed by atoms with van der Waals surface area (Å²) in [5.74, 6) is -1.59. The van der Waals surface area contributed by atoms with Gasteiger partial charge in [0.25, 0.3) is 0 Å². The lowest BCUT2D eigenvalue weighted by Crippen LogP contribution is -2.41. The third kappa shape index (κ3) is 7.48. The smallest absolute Gasteiger partial charge is 0.404 e. The normalized spacial score (nSPS) is 14.3. The van der Waals surface area contributed by atoms with Crippen molar-refractivity contribution in [2.45, 2.75) is 12.8 Å². The molecule has 2 aromatic carbocycles. The van der Waals surface area contributed by atoms with Gasteiger partial charge in [0.15, 0.2) is 11.5 Å². The number of anilines is 1. The second-order valence-corrected chi connectivity index (χ2v) is 8.58. The highest BCUT2D eigenvalue weighted by Crippen LogP contribution is 2.32. The van der Waals surface area contributed by atoms with Crippen molar-refractivity contribution in [3.63, 3.8) is 0 Å². The molecule has 194 valence electrons. The molecule has 0 saturated carbocycles. The largest absolute Gasteiger partial charge is 0.573 e. The van der Waals surface area contributed by atoms with E-state index in [0.717, 1.165) is 12.1 Å². The average Bonchev–Trinajstić information content (AvgIpc) is 2.86. The van der Waals surface area contributed by atoms with Crippen molar-refractivity contribution in [3.8, 4) is 17.0 Å². The van der Waals surface area contributed by atoms with Crippen LogP contribution in [0.3, 0.4) is 0 Å². The number of Topliss-reactive ketones (excluding diaryl/α,β-unsaturated/α-hetero) is 1. The summed E-state index contributed by atoms with van der Waals surface area (Å²) in [5.41, 5.74) is 1.39. The van der Waals surface area contributed by atoms with E-state index in [-0.39, 0.29) is 24.2 Å². The van der Waals surface area contributed by atoms with Gasteiger partial charge >= 0.3 is 6.36 Å². The number of carbonyl (C=O) groups excluding carboxylic acids is 2. The molecule has 1 amide bonds. The van der Waals surface area contributed by atoms with Gasteiger partial charge in [0.2, 0.25) is 5.91 Å². The average molecular weight is 535 g/mol. The highest BCUT2D eigenvalue weighted by atomic mass is 35.5. The first-order valence-corrected chi connectivity index (χ1v) is 11.6. The first-order valence-electron chi connectivity index (χ1n) is 11.3. The van der Waals surface area contributed by atoms with Gasteiger partial charge < -0.3 is 14.8 Å². The van der Waals surface area contributed by atoms with Crippen LogP contribution in [0.5, 0.6) is 5.75 Å². The Morgan fingerprint density at radius 2 is 1.84 bits per heavy atom. The lowest BCUT2D eigenvalue weighted by Gasteiger charge is -2.26. The van der Waals surface area contributed by atoms with Gasteiger partial charge in [0.05, 0.1) is 54.5 Å². The topological polar surface area (TPSA) is 93.7 Å². The Hall–Kier alpha value is -3.54. The van der Waals surface area contributed by atoms with Gasteiger partial charge in [-0.3, -0.25) is 24.5 Å². The van der Waals surface area contributed by atoms with Crippen molar-refractivity contribution in [1.29, 1.82) is 0 Å². The minimum absolute atomic E-state index is 0.0413. The van der Waals surface area contributed by atoms with E-state index in [1.54, 1.807) is 18.2 Å². The number of benzene rings is 2. The van der Waals surface area contributed by atoms with E-state index in [4.69, 9.17) is 16.3 Å². The van der Waals surface area contributed by atoms with Gasteiger partial charge in [-0.15, -0.1) is 13.2 Å². The molecule has 4 rings (SSSR count). The molecule has 1 saturated heterocycles. The Morgan fingerprint density at radius 3 is 2.51 bits per heavy atom. The molecule has 1 aliphatic rings. The number of nitrogens with one attached hydrogen (secondary N) is 1. The number of alkyl halides is 3. The number of morpholine rings is 1. The molecular weight excluding hydrogens is 513 g/mol. The third-order valence-electron chi connectivity index (χ3n) is 5.47. The van der Waals surface area contributed by atoms with Crippen molar-refractivity contribution in [3.05, 3.63) is 71.1 Å². The number of aromatic nitrogens is 2. The highest BCUT2D eigenvalue weighted by Gasteiger charge is 2.32. The fraction of sp³-hybridized carbons (Fsp3) is 0.280. The number of nitrogens with zero attached hydrogens (tertiary/aromatic N) is 3. The number of ether oxygens (including phenoxy) is 2. The van der Waals surface area contributed by atoms with Crippen LogP contribution in [0.15, 0.2) is 54.9 Å². The summed E-state index contributed by atoms with van der Waals surface area (Å²) < 4.78 is 48.0. The molecule has 0 atom stereocenters. The summed E-state index contributed by atoms with van der Waals surface area (Å²) in [6, 6.07) is 10.5. The zero-order chi connectivity index (χ0) is 26.4. The molecule has 3 aromatic rings. The van der Waals surface area contributed by atoms with E-state index < -0.39 is 23.8 Å². The standard InChI is InChI=1S/C25H22ClF3N4O4/c26-19-4-2-1-3-18(19)21-14-30-17(13-31-21)12-22(34)16-5-6-23(37-25(27,28)29)20(11-16)32-24(35)15-33-7-9-36-10-8-33/h1-6,11,13-14H,7-10,12,15H2,(H,32,35). The molecule has 37 heavy (non-hydrogen) atoms. The minimum Gasteiger partial charge on any atom is -0.404 e. The lowest BCUT2D eigenvalue weighted by atomic mass is 10.1. The number of halogens is 4. The van der Waals surface area contributed by atoms with Crippen LogP contribution in [0.25, 0.3) is 11.3 Å². The molecule has 0 aliphatic carbocycles. The van der Waals surface area contributed by atoms with E-state index >= 15 is 0 Å². The summed E-state index contributed by atoms with van der Waals surface area (Å²) >= 11 is 6.18. The fourth-order valence-electron chi connectivity index (χ4n) is 3.69. The highest BCUT2D eigenvalue weighted by molar-refractivity contribution is 6.33. The summed E-state index contributed by atoms with van der Waals surface area (Å²) in [7, 11) is 0. The van der Waals surface area contributed by atoms with Crippen LogP contribution in [0.1, 0.15) is 16.1 Å². The predicted octanol–water partition coefficient (Wildman–Crippen LogP) is 4.39. The maximum atomic E-state index is 12.9. The molecule has 12 heteroatoms. The molecule has 0 unspecified atom stereocenters. The van der Waals surface area contributed by atoms with Crippen LogP contribution in [-0.2, 0) is 16.0 Å². The Bertz CT molecular complexity index is 1270. The Balaban J connectivity index is 1.49. The predicted molar refractivity (Wildman–Crippen MR) is 130 cm³/mol. The molecule has 0 spiro atoms. The quantitative estimate of drug-likeness (QED) is 0.428. The van der Waals surface area contributed by atoms with Crippen molar-refractivity contribution >= 4 is 29.0 Å². The molecule has 0 bridgehead atoms. The van der Waals surface area contributed by atoms with Gasteiger partial charge in [-0.2, -0.15) is 0 Å². The molecule has 8 nitrogen and oxygen atoms in total. The summed E-state index contributed by atoms with van der Waals surface area (Å²) in [4.78, 5) is 35.8. The number of hydrogen-bond donors (Lipinski definition) is 1. The maximum absolute atomic E-state index is 12.9. The lowest BCUT2D eigenvalue weighted by molar-refractivity contribution is -0.274. The fourth-order valence-corrected chi connectivity index (χ4v) is 3.92. The molecule has 1 fully saturated rings. The van der Waals surface area contributed by atoms with Crippen molar-refractivity contribution in [1.82, 2.24) is 14.9 Å². The Kier molecular flexibility index (Phi) is 8.37. The van der Waals surface area contributed by atoms with Gasteiger partial charge in [0.1, 0.15) is 0 Å². The monoisotopic (exact) mass is 534 g/mol. The van der Waals surface area contributed by atoms with Crippen LogP contribution in [0.4, 0.5) is 18.9 Å². The zero-order valence-corrected chi connectivity index (χ0v) is 20.2. The molecule has 1 aliphatic heterocycles. The molecule has 1 aromatic heterocycles. The maximum Gasteiger partial charge on any atom is 0.573 e. The van der Waals surface area contributed by atoms with E-state index in [1.807, 2.05) is 11.0 Å². The summed E-state index contributed by atoms with van der Waals surface area (Å²) in [5, 5.41) is 2.94. The van der Waals surface area contributed by atoms with Crippen molar-refractivity contribution in [2.75, 3.05) is 38.2 Å². The molecule has 1 N–H and O–H groups in total. The molecular formula is C25H22ClF3N4O4. The number of rotatable bonds is 8. The van der Waals surface area contributed by atoms with E-state index in [9.17, 15) is 22.8 Å². The number of carbonyl (C=O) groups is 2. The number of amides is 1. The number of ketones is 1.